The number of ether oxygens (including phenoxy) is 1. The van der Waals surface area contributed by atoms with Gasteiger partial charge in [-0.2, -0.15) is 0 Å². The van der Waals surface area contributed by atoms with Crippen LogP contribution in [0, 0.1) is 0 Å². The van der Waals surface area contributed by atoms with E-state index in [2.05, 4.69) is 15.9 Å². The van der Waals surface area contributed by atoms with Crippen molar-refractivity contribution < 1.29 is 13.2 Å². The highest BCUT2D eigenvalue weighted by atomic mass is 79.9. The third-order valence-electron chi connectivity index (χ3n) is 1.61. The molecule has 0 heterocycles. The van der Waals surface area contributed by atoms with Gasteiger partial charge in [-0.15, -0.1) is 0 Å². The monoisotopic (exact) mass is 298 g/mol. The zero-order valence-electron chi connectivity index (χ0n) is 7.54. The summed E-state index contributed by atoms with van der Waals surface area (Å²) >= 11 is 8.98. The summed E-state index contributed by atoms with van der Waals surface area (Å²) in [4.78, 5) is 0.0687. The molecular formula is C8H8BrClO3S. The van der Waals surface area contributed by atoms with Gasteiger partial charge in [0.05, 0.1) is 21.5 Å². The SMILES string of the molecule is COc1cc(S(C)(=O)=O)c(Cl)cc1Br. The van der Waals surface area contributed by atoms with Crippen LogP contribution in [0.15, 0.2) is 21.5 Å². The van der Waals surface area contributed by atoms with Gasteiger partial charge in [-0.05, 0) is 22.0 Å². The smallest absolute Gasteiger partial charge is 0.177 e. The van der Waals surface area contributed by atoms with Crippen molar-refractivity contribution in [3.05, 3.63) is 21.6 Å². The molecule has 6 heteroatoms. The predicted octanol–water partition coefficient (Wildman–Crippen LogP) is 2.51. The van der Waals surface area contributed by atoms with Gasteiger partial charge in [-0.25, -0.2) is 8.42 Å². The Kier molecular flexibility index (Phi) is 3.44. The van der Waals surface area contributed by atoms with E-state index in [1.807, 2.05) is 0 Å². The van der Waals surface area contributed by atoms with E-state index in [1.54, 1.807) is 0 Å². The molecule has 0 aliphatic heterocycles. The molecule has 78 valence electrons. The van der Waals surface area contributed by atoms with Crippen molar-refractivity contribution in [1.29, 1.82) is 0 Å². The van der Waals surface area contributed by atoms with Crippen molar-refractivity contribution in [1.82, 2.24) is 0 Å². The standard InChI is InChI=1S/C8H8BrClO3S/c1-13-7-4-8(14(2,11)12)6(10)3-5(7)9/h3-4H,1-2H3. The predicted molar refractivity (Wildman–Crippen MR) is 58.8 cm³/mol. The van der Waals surface area contributed by atoms with Crippen LogP contribution in [0.25, 0.3) is 0 Å². The average molecular weight is 300 g/mol. The molecule has 3 nitrogen and oxygen atoms in total. The van der Waals surface area contributed by atoms with Gasteiger partial charge < -0.3 is 4.74 Å². The normalized spacial score (nSPS) is 11.4. The van der Waals surface area contributed by atoms with E-state index >= 15 is 0 Å². The van der Waals surface area contributed by atoms with Gasteiger partial charge in [0.1, 0.15) is 5.75 Å². The summed E-state index contributed by atoms with van der Waals surface area (Å²) in [5, 5.41) is 0.181. The fourth-order valence-electron chi connectivity index (χ4n) is 0.951. The van der Waals surface area contributed by atoms with Gasteiger partial charge in [0.25, 0.3) is 0 Å². The number of hydrogen-bond donors (Lipinski definition) is 0. The van der Waals surface area contributed by atoms with Crippen LogP contribution in [0.1, 0.15) is 0 Å². The first-order valence-electron chi connectivity index (χ1n) is 3.59. The number of benzene rings is 1. The molecule has 0 saturated carbocycles. The summed E-state index contributed by atoms with van der Waals surface area (Å²) in [7, 11) is -1.86. The van der Waals surface area contributed by atoms with Crippen LogP contribution in [-0.4, -0.2) is 21.8 Å². The average Bonchev–Trinajstić information content (AvgIpc) is 2.02. The lowest BCUT2D eigenvalue weighted by Crippen LogP contribution is -1.99. The Morgan fingerprint density at radius 2 is 2.00 bits per heavy atom. The van der Waals surface area contributed by atoms with Gasteiger partial charge in [0.15, 0.2) is 9.84 Å². The summed E-state index contributed by atoms with van der Waals surface area (Å²) in [6, 6.07) is 2.89. The van der Waals surface area contributed by atoms with E-state index < -0.39 is 9.84 Å². The lowest BCUT2D eigenvalue weighted by Gasteiger charge is -2.07. The van der Waals surface area contributed by atoms with Crippen molar-refractivity contribution in [2.75, 3.05) is 13.4 Å². The Hall–Kier alpha value is -0.260. The lowest BCUT2D eigenvalue weighted by molar-refractivity contribution is 0.411. The van der Waals surface area contributed by atoms with Crippen LogP contribution in [0.5, 0.6) is 5.75 Å². The van der Waals surface area contributed by atoms with Crippen LogP contribution in [0.3, 0.4) is 0 Å². The lowest BCUT2D eigenvalue weighted by atomic mass is 10.3. The molecule has 0 N–H and O–H groups in total. The number of rotatable bonds is 2. The second kappa shape index (κ2) is 4.08. The largest absolute Gasteiger partial charge is 0.496 e. The Morgan fingerprint density at radius 1 is 1.43 bits per heavy atom. The molecule has 0 saturated heterocycles. The molecule has 14 heavy (non-hydrogen) atoms. The molecule has 0 aliphatic carbocycles. The molecule has 0 unspecified atom stereocenters. The van der Waals surface area contributed by atoms with Gasteiger partial charge in [-0.3, -0.25) is 0 Å². The maximum Gasteiger partial charge on any atom is 0.177 e. The summed E-state index contributed by atoms with van der Waals surface area (Å²) in [5.41, 5.74) is 0. The van der Waals surface area contributed by atoms with E-state index in [0.717, 1.165) is 6.26 Å². The molecule has 1 rings (SSSR count). The minimum atomic E-state index is -3.32. The molecule has 0 atom stereocenters. The highest BCUT2D eigenvalue weighted by Gasteiger charge is 2.15. The van der Waals surface area contributed by atoms with Crippen molar-refractivity contribution in [2.24, 2.45) is 0 Å². The Morgan fingerprint density at radius 3 is 2.43 bits per heavy atom. The third-order valence-corrected chi connectivity index (χ3v) is 3.79. The number of hydrogen-bond acceptors (Lipinski definition) is 3. The zero-order valence-corrected chi connectivity index (χ0v) is 10.7. The first-order chi connectivity index (χ1) is 6.36. The molecule has 0 bridgehead atoms. The maximum atomic E-state index is 11.3. The van der Waals surface area contributed by atoms with Crippen LogP contribution >= 0.6 is 27.5 Å². The highest BCUT2D eigenvalue weighted by molar-refractivity contribution is 9.10. The number of sulfone groups is 1. The summed E-state index contributed by atoms with van der Waals surface area (Å²) in [6.45, 7) is 0. The second-order valence-corrected chi connectivity index (χ2v) is 5.94. The van der Waals surface area contributed by atoms with Gasteiger partial charge in [0.2, 0.25) is 0 Å². The molecule has 0 radical (unpaired) electrons. The van der Waals surface area contributed by atoms with E-state index in [9.17, 15) is 8.42 Å². The second-order valence-electron chi connectivity index (χ2n) is 2.69. The topological polar surface area (TPSA) is 43.4 Å². The minimum Gasteiger partial charge on any atom is -0.496 e. The Bertz CT molecular complexity index is 456. The summed E-state index contributed by atoms with van der Waals surface area (Å²) in [6.07, 6.45) is 1.10. The first kappa shape index (κ1) is 11.8. The fourth-order valence-corrected chi connectivity index (χ4v) is 2.91. The highest BCUT2D eigenvalue weighted by Crippen LogP contribution is 2.33. The molecule has 1 aromatic carbocycles. The fraction of sp³-hybridized carbons (Fsp3) is 0.250. The summed E-state index contributed by atoms with van der Waals surface area (Å²) in [5.74, 6) is 0.440. The quantitative estimate of drug-likeness (QED) is 0.843. The van der Waals surface area contributed by atoms with Crippen LogP contribution in [-0.2, 0) is 9.84 Å². The molecule has 0 spiro atoms. The molecule has 0 fully saturated rings. The van der Waals surface area contributed by atoms with Crippen LogP contribution in [0.4, 0.5) is 0 Å². The molecular weight excluding hydrogens is 292 g/mol. The minimum absolute atomic E-state index is 0.0687. The van der Waals surface area contributed by atoms with Gasteiger partial charge in [0, 0.05) is 12.3 Å². The van der Waals surface area contributed by atoms with E-state index in [4.69, 9.17) is 16.3 Å². The molecule has 0 amide bonds. The first-order valence-corrected chi connectivity index (χ1v) is 6.65. The number of methoxy groups -OCH3 is 1. The van der Waals surface area contributed by atoms with E-state index in [0.29, 0.717) is 10.2 Å². The summed E-state index contributed by atoms with van der Waals surface area (Å²) < 4.78 is 28.1. The van der Waals surface area contributed by atoms with Crippen LogP contribution in [0.2, 0.25) is 5.02 Å². The number of halogens is 2. The van der Waals surface area contributed by atoms with Crippen molar-refractivity contribution in [3.63, 3.8) is 0 Å². The van der Waals surface area contributed by atoms with E-state index in [1.165, 1.54) is 19.2 Å². The Balaban J connectivity index is 3.47. The van der Waals surface area contributed by atoms with Crippen molar-refractivity contribution >= 4 is 37.4 Å². The molecule has 1 aromatic rings. The van der Waals surface area contributed by atoms with Gasteiger partial charge in [-0.1, -0.05) is 11.6 Å². The van der Waals surface area contributed by atoms with Gasteiger partial charge >= 0.3 is 0 Å². The third kappa shape index (κ3) is 2.40. The Labute approximate surface area is 96.1 Å². The molecule has 0 aliphatic rings. The molecule has 0 aromatic heterocycles. The van der Waals surface area contributed by atoms with E-state index in [-0.39, 0.29) is 9.92 Å². The zero-order chi connectivity index (χ0) is 10.9. The van der Waals surface area contributed by atoms with Crippen molar-refractivity contribution in [2.45, 2.75) is 4.90 Å². The van der Waals surface area contributed by atoms with Crippen LogP contribution < -0.4 is 4.74 Å². The maximum absolute atomic E-state index is 11.3. The van der Waals surface area contributed by atoms with Crippen molar-refractivity contribution in [3.8, 4) is 5.75 Å².